The molecule has 0 bridgehead atoms. The highest BCUT2D eigenvalue weighted by atomic mass is 16.5. The van der Waals surface area contributed by atoms with Crippen molar-refractivity contribution in [2.75, 3.05) is 19.7 Å². The van der Waals surface area contributed by atoms with Crippen LogP contribution >= 0.6 is 0 Å². The first-order valence-electron chi connectivity index (χ1n) is 7.43. The zero-order valence-electron chi connectivity index (χ0n) is 12.0. The summed E-state index contributed by atoms with van der Waals surface area (Å²) in [5.74, 6) is 0.961. The maximum atomic E-state index is 5.68. The lowest BCUT2D eigenvalue weighted by atomic mass is 9.97. The molecule has 0 saturated heterocycles. The van der Waals surface area contributed by atoms with Gasteiger partial charge in [0.25, 0.3) is 0 Å². The van der Waals surface area contributed by atoms with E-state index in [0.29, 0.717) is 0 Å². The second-order valence-electron chi connectivity index (χ2n) is 5.27. The third-order valence-electron chi connectivity index (χ3n) is 3.58. The summed E-state index contributed by atoms with van der Waals surface area (Å²) in [6, 6.07) is 8.22. The van der Waals surface area contributed by atoms with Crippen LogP contribution in [0.25, 0.3) is 0 Å². The standard InChI is InChI=1S/C17H25NO/c1-15-7-9-17(10-8-15)19-14-13-18-12-11-16-5-3-2-4-6-16/h5,7-10,18H,2-4,6,11-14H2,1H3. The Hall–Kier alpha value is -1.28. The number of benzene rings is 1. The van der Waals surface area contributed by atoms with E-state index in [1.54, 1.807) is 5.57 Å². The van der Waals surface area contributed by atoms with Gasteiger partial charge < -0.3 is 10.1 Å². The Labute approximate surface area is 116 Å². The zero-order valence-corrected chi connectivity index (χ0v) is 12.0. The van der Waals surface area contributed by atoms with Gasteiger partial charge in [-0.2, -0.15) is 0 Å². The average molecular weight is 259 g/mol. The molecule has 2 heteroatoms. The van der Waals surface area contributed by atoms with Gasteiger partial charge in [-0.25, -0.2) is 0 Å². The topological polar surface area (TPSA) is 21.3 Å². The van der Waals surface area contributed by atoms with Crippen LogP contribution in [0.15, 0.2) is 35.9 Å². The minimum Gasteiger partial charge on any atom is -0.492 e. The molecule has 0 radical (unpaired) electrons. The van der Waals surface area contributed by atoms with Crippen molar-refractivity contribution in [2.24, 2.45) is 0 Å². The molecule has 0 unspecified atom stereocenters. The Morgan fingerprint density at radius 1 is 1.11 bits per heavy atom. The molecule has 0 amide bonds. The summed E-state index contributed by atoms with van der Waals surface area (Å²) < 4.78 is 5.68. The lowest BCUT2D eigenvalue weighted by molar-refractivity contribution is 0.314. The van der Waals surface area contributed by atoms with Crippen molar-refractivity contribution < 1.29 is 4.74 Å². The molecule has 2 nitrogen and oxygen atoms in total. The molecule has 2 rings (SSSR count). The van der Waals surface area contributed by atoms with Crippen LogP contribution < -0.4 is 10.1 Å². The number of rotatable bonds is 7. The molecule has 1 N–H and O–H groups in total. The van der Waals surface area contributed by atoms with E-state index in [0.717, 1.165) is 25.4 Å². The van der Waals surface area contributed by atoms with E-state index in [2.05, 4.69) is 30.4 Å². The van der Waals surface area contributed by atoms with Gasteiger partial charge in [-0.15, -0.1) is 0 Å². The second-order valence-corrected chi connectivity index (χ2v) is 5.27. The van der Waals surface area contributed by atoms with Crippen molar-refractivity contribution in [1.29, 1.82) is 0 Å². The van der Waals surface area contributed by atoms with Gasteiger partial charge in [0.1, 0.15) is 12.4 Å². The van der Waals surface area contributed by atoms with Crippen LogP contribution in [0.2, 0.25) is 0 Å². The van der Waals surface area contributed by atoms with Gasteiger partial charge in [-0.05, 0) is 57.7 Å². The van der Waals surface area contributed by atoms with Crippen LogP contribution in [0.4, 0.5) is 0 Å². The first-order chi connectivity index (χ1) is 9.34. The van der Waals surface area contributed by atoms with E-state index in [-0.39, 0.29) is 0 Å². The van der Waals surface area contributed by atoms with E-state index >= 15 is 0 Å². The van der Waals surface area contributed by atoms with E-state index in [4.69, 9.17) is 4.74 Å². The van der Waals surface area contributed by atoms with Gasteiger partial charge in [0.15, 0.2) is 0 Å². The molecular weight excluding hydrogens is 234 g/mol. The summed E-state index contributed by atoms with van der Waals surface area (Å²) in [7, 11) is 0. The van der Waals surface area contributed by atoms with Gasteiger partial charge in [0.05, 0.1) is 0 Å². The minimum absolute atomic E-state index is 0.738. The lowest BCUT2D eigenvalue weighted by Gasteiger charge is -2.13. The van der Waals surface area contributed by atoms with Gasteiger partial charge >= 0.3 is 0 Å². The molecule has 0 saturated carbocycles. The fourth-order valence-electron chi connectivity index (χ4n) is 2.38. The zero-order chi connectivity index (χ0) is 13.3. The summed E-state index contributed by atoms with van der Waals surface area (Å²) >= 11 is 0. The van der Waals surface area contributed by atoms with Crippen molar-refractivity contribution in [3.63, 3.8) is 0 Å². The van der Waals surface area contributed by atoms with Crippen molar-refractivity contribution in [2.45, 2.75) is 39.0 Å². The molecule has 19 heavy (non-hydrogen) atoms. The van der Waals surface area contributed by atoms with Crippen molar-refractivity contribution >= 4 is 0 Å². The second kappa shape index (κ2) is 8.00. The van der Waals surface area contributed by atoms with Gasteiger partial charge in [0.2, 0.25) is 0 Å². The highest BCUT2D eigenvalue weighted by Crippen LogP contribution is 2.19. The molecule has 104 valence electrons. The molecule has 0 atom stereocenters. The quantitative estimate of drug-likeness (QED) is 0.593. The van der Waals surface area contributed by atoms with E-state index < -0.39 is 0 Å². The molecule has 1 aromatic carbocycles. The smallest absolute Gasteiger partial charge is 0.119 e. The average Bonchev–Trinajstić information content (AvgIpc) is 2.46. The summed E-state index contributed by atoms with van der Waals surface area (Å²) in [4.78, 5) is 0. The molecule has 0 heterocycles. The highest BCUT2D eigenvalue weighted by molar-refractivity contribution is 5.26. The predicted octanol–water partition coefficient (Wildman–Crippen LogP) is 3.85. The fraction of sp³-hybridized carbons (Fsp3) is 0.529. The number of allylic oxidation sites excluding steroid dienone is 1. The van der Waals surface area contributed by atoms with Crippen LogP contribution in [0.5, 0.6) is 5.75 Å². The predicted molar refractivity (Wildman–Crippen MR) is 80.7 cm³/mol. The summed E-state index contributed by atoms with van der Waals surface area (Å²) in [6.45, 7) is 4.82. The van der Waals surface area contributed by atoms with E-state index in [9.17, 15) is 0 Å². The third kappa shape index (κ3) is 5.48. The number of hydrogen-bond donors (Lipinski definition) is 1. The maximum Gasteiger partial charge on any atom is 0.119 e. The number of nitrogens with one attached hydrogen (secondary N) is 1. The van der Waals surface area contributed by atoms with Crippen molar-refractivity contribution in [3.05, 3.63) is 41.5 Å². The Bertz CT molecular complexity index is 394. The molecule has 1 aliphatic rings. The highest BCUT2D eigenvalue weighted by Gasteiger charge is 2.02. The largest absolute Gasteiger partial charge is 0.492 e. The summed E-state index contributed by atoms with van der Waals surface area (Å²) in [6.07, 6.45) is 8.97. The molecule has 0 fully saturated rings. The third-order valence-corrected chi connectivity index (χ3v) is 3.58. The Kier molecular flexibility index (Phi) is 5.96. The van der Waals surface area contributed by atoms with E-state index in [1.165, 1.54) is 37.7 Å². The molecule has 1 aliphatic carbocycles. The first kappa shape index (κ1) is 14.1. The molecule has 0 aromatic heterocycles. The van der Waals surface area contributed by atoms with Crippen LogP contribution in [-0.4, -0.2) is 19.7 Å². The van der Waals surface area contributed by atoms with Gasteiger partial charge in [-0.1, -0.05) is 29.3 Å². The Morgan fingerprint density at radius 2 is 1.95 bits per heavy atom. The van der Waals surface area contributed by atoms with Crippen LogP contribution in [0, 0.1) is 6.92 Å². The molecule has 1 aromatic rings. The van der Waals surface area contributed by atoms with Crippen molar-refractivity contribution in [3.8, 4) is 5.75 Å². The Morgan fingerprint density at radius 3 is 2.68 bits per heavy atom. The SMILES string of the molecule is Cc1ccc(OCCNCCC2=CCCCC2)cc1. The monoisotopic (exact) mass is 259 g/mol. The number of ether oxygens (including phenoxy) is 1. The lowest BCUT2D eigenvalue weighted by Crippen LogP contribution is -2.22. The summed E-state index contributed by atoms with van der Waals surface area (Å²) in [5, 5.41) is 3.45. The normalized spacial score (nSPS) is 15.1. The fourth-order valence-corrected chi connectivity index (χ4v) is 2.38. The van der Waals surface area contributed by atoms with E-state index in [1.807, 2.05) is 12.1 Å². The minimum atomic E-state index is 0.738. The van der Waals surface area contributed by atoms with Crippen LogP contribution in [0.3, 0.4) is 0 Å². The van der Waals surface area contributed by atoms with Crippen LogP contribution in [-0.2, 0) is 0 Å². The molecule has 0 aliphatic heterocycles. The maximum absolute atomic E-state index is 5.68. The van der Waals surface area contributed by atoms with Crippen molar-refractivity contribution in [1.82, 2.24) is 5.32 Å². The van der Waals surface area contributed by atoms with Gasteiger partial charge in [0, 0.05) is 6.54 Å². The molecular formula is C17H25NO. The molecule has 0 spiro atoms. The van der Waals surface area contributed by atoms with Gasteiger partial charge in [-0.3, -0.25) is 0 Å². The summed E-state index contributed by atoms with van der Waals surface area (Å²) in [5.41, 5.74) is 2.91. The first-order valence-corrected chi connectivity index (χ1v) is 7.43. The number of aryl methyl sites for hydroxylation is 1. The van der Waals surface area contributed by atoms with Crippen LogP contribution in [0.1, 0.15) is 37.7 Å². The number of hydrogen-bond acceptors (Lipinski definition) is 2. The Balaban J connectivity index is 1.52.